The van der Waals surface area contributed by atoms with Gasteiger partial charge in [0.05, 0.1) is 9.72 Å². The minimum absolute atomic E-state index is 0.714. The molecule has 64 valence electrons. The largest absolute Gasteiger partial charge is 0.192 e. The average Bonchev–Trinajstić information content (AvgIpc) is 2.56. The second-order valence-corrected chi connectivity index (χ2v) is 4.29. The summed E-state index contributed by atoms with van der Waals surface area (Å²) >= 11 is 7.45. The molecule has 13 heavy (non-hydrogen) atoms. The Kier molecular flexibility index (Phi) is 1.99. The number of nitrogens with zero attached hydrogens (tertiary/aromatic N) is 1. The van der Waals surface area contributed by atoms with Gasteiger partial charge in [0.15, 0.2) is 0 Å². The van der Waals surface area contributed by atoms with Crippen LogP contribution in [0.5, 0.6) is 0 Å². The summed E-state index contributed by atoms with van der Waals surface area (Å²) in [5.41, 5.74) is 1.16. The highest BCUT2D eigenvalue weighted by Crippen LogP contribution is 2.33. The molecule has 0 N–H and O–H groups in total. The molecule has 0 bridgehead atoms. The zero-order valence-corrected chi connectivity index (χ0v) is 8.54. The van der Waals surface area contributed by atoms with Gasteiger partial charge in [-0.2, -0.15) is 5.26 Å². The number of nitriles is 1. The van der Waals surface area contributed by atoms with E-state index in [4.69, 9.17) is 16.9 Å². The summed E-state index contributed by atoms with van der Waals surface area (Å²) in [5.74, 6) is 0. The maximum Gasteiger partial charge on any atom is 0.110 e. The van der Waals surface area contributed by atoms with Gasteiger partial charge in [-0.05, 0) is 30.0 Å². The Morgan fingerprint density at radius 2 is 2.23 bits per heavy atom. The fraction of sp³-hybridized carbons (Fsp3) is 0.100. The van der Waals surface area contributed by atoms with Crippen LogP contribution in [0.1, 0.15) is 10.4 Å². The number of halogens is 1. The normalized spacial score (nSPS) is 10.2. The predicted octanol–water partition coefficient (Wildman–Crippen LogP) is 3.73. The minimum atomic E-state index is 0.714. The predicted molar refractivity (Wildman–Crippen MR) is 56.3 cm³/mol. The maximum atomic E-state index is 8.74. The standard InChI is InChI=1S/C10H6ClNS/c1-6-2-3-9(11)10-8(6)4-7(5-12)13-10/h2-4H,1H3. The van der Waals surface area contributed by atoms with Gasteiger partial charge in [-0.1, -0.05) is 17.7 Å². The highest BCUT2D eigenvalue weighted by atomic mass is 35.5. The molecule has 0 unspecified atom stereocenters. The number of hydrogen-bond acceptors (Lipinski definition) is 2. The van der Waals surface area contributed by atoms with Gasteiger partial charge in [-0.25, -0.2) is 0 Å². The smallest absolute Gasteiger partial charge is 0.110 e. The number of rotatable bonds is 0. The van der Waals surface area contributed by atoms with Crippen LogP contribution in [-0.2, 0) is 0 Å². The fourth-order valence-electron chi connectivity index (χ4n) is 1.28. The Hall–Kier alpha value is -1.04. The van der Waals surface area contributed by atoms with Crippen molar-refractivity contribution in [2.45, 2.75) is 6.92 Å². The number of thiophene rings is 1. The third-order valence-electron chi connectivity index (χ3n) is 1.96. The third-order valence-corrected chi connectivity index (χ3v) is 3.46. The molecule has 1 nitrogen and oxygen atoms in total. The van der Waals surface area contributed by atoms with Crippen LogP contribution in [-0.4, -0.2) is 0 Å². The van der Waals surface area contributed by atoms with Gasteiger partial charge in [0.2, 0.25) is 0 Å². The fourth-order valence-corrected chi connectivity index (χ4v) is 2.50. The highest BCUT2D eigenvalue weighted by molar-refractivity contribution is 7.20. The monoisotopic (exact) mass is 207 g/mol. The van der Waals surface area contributed by atoms with E-state index in [1.807, 2.05) is 25.1 Å². The lowest BCUT2D eigenvalue weighted by molar-refractivity contribution is 1.52. The summed E-state index contributed by atoms with van der Waals surface area (Å²) in [6, 6.07) is 7.86. The van der Waals surface area contributed by atoms with Gasteiger partial charge < -0.3 is 0 Å². The van der Waals surface area contributed by atoms with E-state index in [-0.39, 0.29) is 0 Å². The van der Waals surface area contributed by atoms with Crippen molar-refractivity contribution in [1.29, 1.82) is 5.26 Å². The molecule has 1 aromatic carbocycles. The molecule has 2 aromatic rings. The molecule has 0 aliphatic carbocycles. The quantitative estimate of drug-likeness (QED) is 0.646. The van der Waals surface area contributed by atoms with E-state index in [0.717, 1.165) is 20.7 Å². The van der Waals surface area contributed by atoms with Crippen molar-refractivity contribution in [1.82, 2.24) is 0 Å². The molecule has 1 aromatic heterocycles. The molecular weight excluding hydrogens is 202 g/mol. The summed E-state index contributed by atoms with van der Waals surface area (Å²) in [4.78, 5) is 0.714. The van der Waals surface area contributed by atoms with Gasteiger partial charge >= 0.3 is 0 Å². The first-order valence-electron chi connectivity index (χ1n) is 3.81. The Morgan fingerprint density at radius 3 is 2.85 bits per heavy atom. The summed E-state index contributed by atoms with van der Waals surface area (Å²) in [6.45, 7) is 2.02. The van der Waals surface area contributed by atoms with E-state index in [1.54, 1.807) is 0 Å². The molecule has 3 heteroatoms. The lowest BCUT2D eigenvalue weighted by atomic mass is 10.1. The van der Waals surface area contributed by atoms with Gasteiger partial charge in [-0.3, -0.25) is 0 Å². The van der Waals surface area contributed by atoms with Gasteiger partial charge in [0, 0.05) is 0 Å². The Balaban J connectivity index is 2.90. The van der Waals surface area contributed by atoms with Crippen molar-refractivity contribution in [3.05, 3.63) is 33.7 Å². The SMILES string of the molecule is Cc1ccc(Cl)c2sc(C#N)cc12. The Labute approximate surface area is 85.2 Å². The van der Waals surface area contributed by atoms with Crippen molar-refractivity contribution in [2.75, 3.05) is 0 Å². The molecule has 2 rings (SSSR count). The minimum Gasteiger partial charge on any atom is -0.192 e. The van der Waals surface area contributed by atoms with Crippen LogP contribution in [0.3, 0.4) is 0 Å². The molecule has 0 radical (unpaired) electrons. The Bertz CT molecular complexity index is 468. The van der Waals surface area contributed by atoms with Crippen LogP contribution >= 0.6 is 22.9 Å². The molecule has 0 atom stereocenters. The summed E-state index contributed by atoms with van der Waals surface area (Å²) in [6.07, 6.45) is 0. The van der Waals surface area contributed by atoms with Crippen LogP contribution in [0, 0.1) is 18.3 Å². The van der Waals surface area contributed by atoms with Gasteiger partial charge in [0.1, 0.15) is 10.9 Å². The Morgan fingerprint density at radius 1 is 1.46 bits per heavy atom. The lowest BCUT2D eigenvalue weighted by Crippen LogP contribution is -1.72. The maximum absolute atomic E-state index is 8.74. The van der Waals surface area contributed by atoms with E-state index in [1.165, 1.54) is 11.3 Å². The molecule has 1 heterocycles. The molecule has 0 spiro atoms. The first-order valence-corrected chi connectivity index (χ1v) is 5.00. The number of aryl methyl sites for hydroxylation is 1. The number of benzene rings is 1. The first kappa shape index (κ1) is 8.55. The second-order valence-electron chi connectivity index (χ2n) is 2.83. The molecule has 0 aliphatic rings. The molecule has 0 aliphatic heterocycles. The van der Waals surface area contributed by atoms with E-state index in [0.29, 0.717) is 4.88 Å². The topological polar surface area (TPSA) is 23.8 Å². The van der Waals surface area contributed by atoms with Crippen LogP contribution in [0.25, 0.3) is 10.1 Å². The van der Waals surface area contributed by atoms with E-state index in [9.17, 15) is 0 Å². The second kappa shape index (κ2) is 3.02. The van der Waals surface area contributed by atoms with Crippen molar-refractivity contribution in [3.63, 3.8) is 0 Å². The van der Waals surface area contributed by atoms with Gasteiger partial charge in [0.25, 0.3) is 0 Å². The molecular formula is C10H6ClNS. The van der Waals surface area contributed by atoms with Crippen LogP contribution < -0.4 is 0 Å². The summed E-state index contributed by atoms with van der Waals surface area (Å²) < 4.78 is 1.01. The zero-order chi connectivity index (χ0) is 9.42. The first-order chi connectivity index (χ1) is 6.22. The van der Waals surface area contributed by atoms with Crippen LogP contribution in [0.2, 0.25) is 5.02 Å². The number of fused-ring (bicyclic) bond motifs is 1. The van der Waals surface area contributed by atoms with Crippen molar-refractivity contribution in [2.24, 2.45) is 0 Å². The van der Waals surface area contributed by atoms with Crippen molar-refractivity contribution >= 4 is 33.0 Å². The molecule has 0 saturated heterocycles. The third kappa shape index (κ3) is 1.31. The average molecular weight is 208 g/mol. The number of hydrogen-bond donors (Lipinski definition) is 0. The highest BCUT2D eigenvalue weighted by Gasteiger charge is 2.06. The lowest BCUT2D eigenvalue weighted by Gasteiger charge is -1.95. The van der Waals surface area contributed by atoms with E-state index >= 15 is 0 Å². The van der Waals surface area contributed by atoms with Crippen LogP contribution in [0.4, 0.5) is 0 Å². The molecule has 0 saturated carbocycles. The zero-order valence-electron chi connectivity index (χ0n) is 6.97. The van der Waals surface area contributed by atoms with Crippen molar-refractivity contribution < 1.29 is 0 Å². The molecule has 0 fully saturated rings. The molecule has 0 amide bonds. The summed E-state index contributed by atoms with van der Waals surface area (Å²) in [5, 5.41) is 10.6. The van der Waals surface area contributed by atoms with E-state index < -0.39 is 0 Å². The summed E-state index contributed by atoms with van der Waals surface area (Å²) in [7, 11) is 0. The van der Waals surface area contributed by atoms with E-state index in [2.05, 4.69) is 6.07 Å². The van der Waals surface area contributed by atoms with Crippen LogP contribution in [0.15, 0.2) is 18.2 Å². The van der Waals surface area contributed by atoms with Gasteiger partial charge in [-0.15, -0.1) is 11.3 Å². The van der Waals surface area contributed by atoms with Crippen molar-refractivity contribution in [3.8, 4) is 6.07 Å².